The Balaban J connectivity index is 3.48. The van der Waals surface area contributed by atoms with Crippen molar-refractivity contribution < 1.29 is 20.1 Å². The zero-order valence-electron chi connectivity index (χ0n) is 39.7. The highest BCUT2D eigenvalue weighted by Gasteiger charge is 2.26. The Morgan fingerprint density at radius 3 is 0.828 bits per heavy atom. The highest BCUT2D eigenvalue weighted by Crippen LogP contribution is 2.18. The van der Waals surface area contributed by atoms with Gasteiger partial charge in [-0.25, -0.2) is 0 Å². The van der Waals surface area contributed by atoms with Crippen LogP contribution in [0.15, 0.2) is 0 Å². The minimum atomic E-state index is -1.13. The Kier molecular flexibility index (Phi) is 48.5. The number of hydrogen-bond acceptors (Lipinski definition) is 4. The lowest BCUT2D eigenvalue weighted by molar-refractivity contribution is -0.124. The molecule has 5 nitrogen and oxygen atoms in total. The molecule has 348 valence electrons. The van der Waals surface area contributed by atoms with Gasteiger partial charge in [-0.1, -0.05) is 290 Å². The average Bonchev–Trinajstić information content (AvgIpc) is 3.23. The number of aliphatic hydroxyl groups is 3. The van der Waals surface area contributed by atoms with Crippen molar-refractivity contribution in [3.63, 3.8) is 0 Å². The van der Waals surface area contributed by atoms with E-state index in [1.54, 1.807) is 0 Å². The van der Waals surface area contributed by atoms with Gasteiger partial charge in [-0.15, -0.1) is 0 Å². The van der Waals surface area contributed by atoms with Gasteiger partial charge in [0.25, 0.3) is 0 Å². The number of nitrogens with one attached hydrogen (secondary N) is 1. The molecule has 0 aliphatic carbocycles. The van der Waals surface area contributed by atoms with Crippen LogP contribution in [0.4, 0.5) is 0 Å². The molecule has 0 rings (SSSR count). The van der Waals surface area contributed by atoms with Crippen LogP contribution >= 0.6 is 0 Å². The number of aliphatic hydroxyl groups excluding tert-OH is 3. The number of amides is 1. The SMILES string of the molecule is CCCCCCCCCCCCCCCCCCCCCCCCCCCCCCC(=O)NC(CO)C(O)C(O)CCCCCCCCCCCCCCCCCC. The summed E-state index contributed by atoms with van der Waals surface area (Å²) in [5.41, 5.74) is 0. The number of carbonyl (C=O) groups is 1. The van der Waals surface area contributed by atoms with Crippen LogP contribution in [0, 0.1) is 0 Å². The third-order valence-electron chi connectivity index (χ3n) is 13.0. The summed E-state index contributed by atoms with van der Waals surface area (Å²) in [6.07, 6.45) is 58.2. The molecule has 0 fully saturated rings. The average molecular weight is 822 g/mol. The van der Waals surface area contributed by atoms with Gasteiger partial charge in [0.15, 0.2) is 0 Å². The van der Waals surface area contributed by atoms with E-state index in [1.165, 1.54) is 250 Å². The van der Waals surface area contributed by atoms with Crippen LogP contribution in [-0.4, -0.2) is 46.1 Å². The van der Waals surface area contributed by atoms with E-state index in [-0.39, 0.29) is 12.5 Å². The monoisotopic (exact) mass is 822 g/mol. The van der Waals surface area contributed by atoms with Gasteiger partial charge >= 0.3 is 0 Å². The maximum Gasteiger partial charge on any atom is 0.220 e. The second kappa shape index (κ2) is 49.0. The maximum absolute atomic E-state index is 12.5. The molecule has 0 aromatic heterocycles. The summed E-state index contributed by atoms with van der Waals surface area (Å²) in [7, 11) is 0. The fraction of sp³-hybridized carbons (Fsp3) is 0.981. The van der Waals surface area contributed by atoms with Crippen molar-refractivity contribution in [3.05, 3.63) is 0 Å². The zero-order valence-corrected chi connectivity index (χ0v) is 39.7. The molecular weight excluding hydrogens is 715 g/mol. The smallest absolute Gasteiger partial charge is 0.220 e. The van der Waals surface area contributed by atoms with E-state index < -0.39 is 18.2 Å². The Labute approximate surface area is 364 Å². The molecule has 0 spiro atoms. The van der Waals surface area contributed by atoms with Crippen molar-refractivity contribution >= 4 is 5.91 Å². The zero-order chi connectivity index (χ0) is 42.3. The third-order valence-corrected chi connectivity index (χ3v) is 13.0. The van der Waals surface area contributed by atoms with Crippen molar-refractivity contribution in [2.75, 3.05) is 6.61 Å². The molecule has 4 N–H and O–H groups in total. The van der Waals surface area contributed by atoms with E-state index in [4.69, 9.17) is 0 Å². The highest BCUT2D eigenvalue weighted by molar-refractivity contribution is 5.76. The molecule has 1 amide bonds. The van der Waals surface area contributed by atoms with E-state index >= 15 is 0 Å². The molecule has 0 saturated heterocycles. The first kappa shape index (κ1) is 57.3. The van der Waals surface area contributed by atoms with Crippen LogP contribution in [0.2, 0.25) is 0 Å². The first-order valence-corrected chi connectivity index (χ1v) is 26.8. The van der Waals surface area contributed by atoms with Gasteiger partial charge < -0.3 is 20.6 Å². The molecule has 0 saturated carbocycles. The lowest BCUT2D eigenvalue weighted by Gasteiger charge is -2.26. The van der Waals surface area contributed by atoms with Crippen LogP contribution in [0.1, 0.15) is 309 Å². The first-order valence-electron chi connectivity index (χ1n) is 26.8. The lowest BCUT2D eigenvalue weighted by atomic mass is 9.99. The Bertz CT molecular complexity index is 777. The molecule has 3 atom stereocenters. The molecule has 0 bridgehead atoms. The number of unbranched alkanes of at least 4 members (excludes halogenated alkanes) is 42. The van der Waals surface area contributed by atoms with Crippen LogP contribution < -0.4 is 5.32 Å². The van der Waals surface area contributed by atoms with Crippen molar-refractivity contribution in [1.29, 1.82) is 0 Å². The van der Waals surface area contributed by atoms with Gasteiger partial charge in [-0.2, -0.15) is 0 Å². The van der Waals surface area contributed by atoms with Gasteiger partial charge in [0, 0.05) is 6.42 Å². The van der Waals surface area contributed by atoms with Gasteiger partial charge in [0.05, 0.1) is 18.8 Å². The molecule has 58 heavy (non-hydrogen) atoms. The van der Waals surface area contributed by atoms with E-state index in [1.807, 2.05) is 0 Å². The molecular formula is C53H107NO4. The second-order valence-corrected chi connectivity index (χ2v) is 18.8. The van der Waals surface area contributed by atoms with E-state index in [9.17, 15) is 20.1 Å². The topological polar surface area (TPSA) is 89.8 Å². The Hall–Kier alpha value is -0.650. The van der Waals surface area contributed by atoms with E-state index in [2.05, 4.69) is 19.2 Å². The summed E-state index contributed by atoms with van der Waals surface area (Å²) < 4.78 is 0. The quantitative estimate of drug-likeness (QED) is 0.0460. The predicted molar refractivity (Wildman–Crippen MR) is 255 cm³/mol. The minimum absolute atomic E-state index is 0.137. The summed E-state index contributed by atoms with van der Waals surface area (Å²) in [6, 6.07) is -0.803. The van der Waals surface area contributed by atoms with Crippen molar-refractivity contribution in [3.8, 4) is 0 Å². The second-order valence-electron chi connectivity index (χ2n) is 18.8. The molecule has 0 aromatic rings. The summed E-state index contributed by atoms with van der Waals surface area (Å²) in [4.78, 5) is 12.5. The predicted octanol–water partition coefficient (Wildman–Crippen LogP) is 16.2. The van der Waals surface area contributed by atoms with Crippen LogP contribution in [0.3, 0.4) is 0 Å². The fourth-order valence-corrected chi connectivity index (χ4v) is 8.81. The molecule has 0 heterocycles. The molecule has 0 aromatic carbocycles. The molecule has 0 radical (unpaired) electrons. The Morgan fingerprint density at radius 2 is 0.586 bits per heavy atom. The van der Waals surface area contributed by atoms with Gasteiger partial charge in [0.2, 0.25) is 5.91 Å². The largest absolute Gasteiger partial charge is 0.394 e. The van der Waals surface area contributed by atoms with Crippen molar-refractivity contribution in [1.82, 2.24) is 5.32 Å². The Morgan fingerprint density at radius 1 is 0.362 bits per heavy atom. The minimum Gasteiger partial charge on any atom is -0.394 e. The molecule has 0 aliphatic rings. The van der Waals surface area contributed by atoms with Crippen molar-refractivity contribution in [2.24, 2.45) is 0 Å². The summed E-state index contributed by atoms with van der Waals surface area (Å²) in [5, 5.41) is 33.7. The van der Waals surface area contributed by atoms with Crippen LogP contribution in [0.25, 0.3) is 0 Å². The van der Waals surface area contributed by atoms with E-state index in [0.717, 1.165) is 32.1 Å². The standard InChI is InChI=1S/C53H107NO4/c1-3-5-7-9-11-13-15-17-19-21-22-23-24-25-26-27-28-29-30-31-32-34-36-38-40-42-44-46-48-52(57)54-50(49-55)53(58)51(56)47-45-43-41-39-37-35-33-20-18-16-14-12-10-8-6-4-2/h50-51,53,55-56,58H,3-49H2,1-2H3,(H,54,57). The lowest BCUT2D eigenvalue weighted by Crippen LogP contribution is -2.50. The van der Waals surface area contributed by atoms with Gasteiger partial charge in [-0.3, -0.25) is 4.79 Å². The van der Waals surface area contributed by atoms with Gasteiger partial charge in [0.1, 0.15) is 6.10 Å². The summed E-state index contributed by atoms with van der Waals surface area (Å²) in [5.74, 6) is -0.137. The summed E-state index contributed by atoms with van der Waals surface area (Å²) >= 11 is 0. The van der Waals surface area contributed by atoms with E-state index in [0.29, 0.717) is 12.8 Å². The molecule has 3 unspecified atom stereocenters. The number of hydrogen-bond donors (Lipinski definition) is 4. The highest BCUT2D eigenvalue weighted by atomic mass is 16.3. The maximum atomic E-state index is 12.5. The first-order chi connectivity index (χ1) is 28.6. The number of carbonyl (C=O) groups excluding carboxylic acids is 1. The van der Waals surface area contributed by atoms with Crippen molar-refractivity contribution in [2.45, 2.75) is 327 Å². The molecule has 0 aliphatic heterocycles. The van der Waals surface area contributed by atoms with Crippen LogP contribution in [0.5, 0.6) is 0 Å². The fourth-order valence-electron chi connectivity index (χ4n) is 8.81. The van der Waals surface area contributed by atoms with Crippen LogP contribution in [-0.2, 0) is 4.79 Å². The molecule has 5 heteroatoms. The summed E-state index contributed by atoms with van der Waals surface area (Å²) in [6.45, 7) is 4.22. The van der Waals surface area contributed by atoms with Gasteiger partial charge in [-0.05, 0) is 12.8 Å². The third kappa shape index (κ3) is 43.4. The normalized spacial score (nSPS) is 13.3. The number of rotatable bonds is 50.